The molecule has 0 atom stereocenters. The number of aliphatic hydroxyl groups excluding tert-OH is 1. The van der Waals surface area contributed by atoms with Crippen molar-refractivity contribution in [1.29, 1.82) is 0 Å². The second kappa shape index (κ2) is 4.88. The second-order valence-corrected chi connectivity index (χ2v) is 2.97. The third kappa shape index (κ3) is 2.88. The van der Waals surface area contributed by atoms with E-state index in [1.807, 2.05) is 0 Å². The van der Waals surface area contributed by atoms with Gasteiger partial charge in [-0.2, -0.15) is 0 Å². The van der Waals surface area contributed by atoms with Crippen molar-refractivity contribution in [3.8, 4) is 0 Å². The summed E-state index contributed by atoms with van der Waals surface area (Å²) in [6, 6.07) is 5.13. The molecule has 0 unspecified atom stereocenters. The molecule has 0 aliphatic rings. The Balaban J connectivity index is 3.21. The average Bonchev–Trinajstić information content (AvgIpc) is 2.28. The second-order valence-electron chi connectivity index (χ2n) is 2.97. The first-order chi connectivity index (χ1) is 7.93. The first-order valence-corrected chi connectivity index (χ1v) is 4.35. The van der Waals surface area contributed by atoms with E-state index in [0.717, 1.165) is 6.07 Å². The van der Waals surface area contributed by atoms with Gasteiger partial charge in [0.05, 0.1) is 10.5 Å². The SMILES string of the molecule is O=C(O)C(=O)C=C(O)c1ccccc1[N+](=O)[O-]. The molecule has 0 aliphatic carbocycles. The van der Waals surface area contributed by atoms with Gasteiger partial charge in [-0.25, -0.2) is 4.79 Å². The number of aliphatic hydroxyl groups is 1. The van der Waals surface area contributed by atoms with Crippen molar-refractivity contribution in [2.24, 2.45) is 0 Å². The Morgan fingerprint density at radius 3 is 2.35 bits per heavy atom. The van der Waals surface area contributed by atoms with Crippen LogP contribution in [0.2, 0.25) is 0 Å². The van der Waals surface area contributed by atoms with Crippen LogP contribution in [0.1, 0.15) is 5.56 Å². The molecule has 88 valence electrons. The largest absolute Gasteiger partial charge is 0.507 e. The number of hydrogen-bond donors (Lipinski definition) is 2. The van der Waals surface area contributed by atoms with Crippen LogP contribution >= 0.6 is 0 Å². The Morgan fingerprint density at radius 2 is 1.82 bits per heavy atom. The summed E-state index contributed by atoms with van der Waals surface area (Å²) in [7, 11) is 0. The van der Waals surface area contributed by atoms with Crippen LogP contribution in [0.25, 0.3) is 5.76 Å². The molecule has 0 saturated carbocycles. The lowest BCUT2D eigenvalue weighted by atomic mass is 10.1. The maximum Gasteiger partial charge on any atom is 0.376 e. The van der Waals surface area contributed by atoms with E-state index >= 15 is 0 Å². The Bertz CT molecular complexity index is 519. The molecule has 0 bridgehead atoms. The van der Waals surface area contributed by atoms with E-state index in [1.165, 1.54) is 18.2 Å². The summed E-state index contributed by atoms with van der Waals surface area (Å²) in [5, 5.41) is 28.4. The lowest BCUT2D eigenvalue weighted by molar-refractivity contribution is -0.385. The minimum absolute atomic E-state index is 0.216. The molecule has 1 rings (SSSR count). The molecule has 7 nitrogen and oxygen atoms in total. The number of ketones is 1. The smallest absolute Gasteiger partial charge is 0.376 e. The number of hydrogen-bond acceptors (Lipinski definition) is 5. The van der Waals surface area contributed by atoms with Crippen LogP contribution in [-0.2, 0) is 9.59 Å². The minimum atomic E-state index is -1.75. The number of carboxylic acid groups (broad SMARTS) is 1. The molecule has 0 radical (unpaired) electrons. The highest BCUT2D eigenvalue weighted by Crippen LogP contribution is 2.23. The molecule has 1 aromatic rings. The van der Waals surface area contributed by atoms with Gasteiger partial charge in [0.2, 0.25) is 0 Å². The van der Waals surface area contributed by atoms with Crippen LogP contribution in [0, 0.1) is 10.1 Å². The Kier molecular flexibility index (Phi) is 3.55. The maximum absolute atomic E-state index is 10.8. The third-order valence-corrected chi connectivity index (χ3v) is 1.86. The van der Waals surface area contributed by atoms with Gasteiger partial charge in [0.15, 0.2) is 0 Å². The van der Waals surface area contributed by atoms with E-state index in [9.17, 15) is 24.8 Å². The zero-order valence-electron chi connectivity index (χ0n) is 8.36. The van der Waals surface area contributed by atoms with Gasteiger partial charge in [0.25, 0.3) is 11.5 Å². The van der Waals surface area contributed by atoms with E-state index in [2.05, 4.69) is 0 Å². The van der Waals surface area contributed by atoms with E-state index in [-0.39, 0.29) is 5.56 Å². The highest BCUT2D eigenvalue weighted by atomic mass is 16.6. The van der Waals surface area contributed by atoms with Crippen molar-refractivity contribution in [2.75, 3.05) is 0 Å². The normalized spacial score (nSPS) is 10.9. The molecule has 0 fully saturated rings. The van der Waals surface area contributed by atoms with Gasteiger partial charge in [-0.1, -0.05) is 12.1 Å². The Labute approximate surface area is 94.8 Å². The fourth-order valence-corrected chi connectivity index (χ4v) is 1.11. The first-order valence-electron chi connectivity index (χ1n) is 4.35. The van der Waals surface area contributed by atoms with Crippen molar-refractivity contribution in [1.82, 2.24) is 0 Å². The topological polar surface area (TPSA) is 118 Å². The van der Waals surface area contributed by atoms with Crippen LogP contribution in [0.4, 0.5) is 5.69 Å². The van der Waals surface area contributed by atoms with Crippen molar-refractivity contribution in [2.45, 2.75) is 0 Å². The monoisotopic (exact) mass is 237 g/mol. The number of carbonyl (C=O) groups excluding carboxylic acids is 1. The van der Waals surface area contributed by atoms with Gasteiger partial charge >= 0.3 is 5.97 Å². The number of nitro groups is 1. The number of carboxylic acids is 1. The molecule has 0 spiro atoms. The molecule has 0 aromatic heterocycles. The standard InChI is InChI=1S/C10H7NO6/c12-8(5-9(13)10(14)15)6-3-1-2-4-7(6)11(16)17/h1-5,12H,(H,14,15). The predicted molar refractivity (Wildman–Crippen MR) is 56.3 cm³/mol. The number of carbonyl (C=O) groups is 2. The number of benzene rings is 1. The third-order valence-electron chi connectivity index (χ3n) is 1.86. The van der Waals surface area contributed by atoms with Crippen molar-refractivity contribution < 1.29 is 24.7 Å². The van der Waals surface area contributed by atoms with Gasteiger partial charge < -0.3 is 10.2 Å². The van der Waals surface area contributed by atoms with Crippen LogP contribution in [0.15, 0.2) is 30.3 Å². The summed E-state index contributed by atoms with van der Waals surface area (Å²) in [5.41, 5.74) is -0.633. The first kappa shape index (κ1) is 12.4. The summed E-state index contributed by atoms with van der Waals surface area (Å²) < 4.78 is 0. The molecule has 17 heavy (non-hydrogen) atoms. The van der Waals surface area contributed by atoms with E-state index in [1.54, 1.807) is 0 Å². The maximum atomic E-state index is 10.8. The highest BCUT2D eigenvalue weighted by molar-refractivity contribution is 6.38. The van der Waals surface area contributed by atoms with Crippen LogP contribution in [0.3, 0.4) is 0 Å². The van der Waals surface area contributed by atoms with Crippen LogP contribution in [0.5, 0.6) is 0 Å². The summed E-state index contributed by atoms with van der Waals surface area (Å²) in [6.45, 7) is 0. The number of para-hydroxylation sites is 1. The predicted octanol–water partition coefficient (Wildman–Crippen LogP) is 1.15. The quantitative estimate of drug-likeness (QED) is 0.266. The zero-order valence-corrected chi connectivity index (χ0v) is 8.36. The summed E-state index contributed by atoms with van der Waals surface area (Å²) in [5.74, 6) is -3.87. The Morgan fingerprint density at radius 1 is 1.24 bits per heavy atom. The van der Waals surface area contributed by atoms with Crippen molar-refractivity contribution >= 4 is 23.2 Å². The minimum Gasteiger partial charge on any atom is -0.507 e. The van der Waals surface area contributed by atoms with Gasteiger partial charge in [0, 0.05) is 12.1 Å². The van der Waals surface area contributed by atoms with Gasteiger partial charge in [-0.15, -0.1) is 0 Å². The van der Waals surface area contributed by atoms with E-state index in [4.69, 9.17) is 5.11 Å². The lowest BCUT2D eigenvalue weighted by Crippen LogP contribution is -2.09. The number of nitro benzene ring substituents is 1. The molecule has 7 heteroatoms. The number of aliphatic carboxylic acids is 1. The average molecular weight is 237 g/mol. The zero-order chi connectivity index (χ0) is 13.0. The summed E-state index contributed by atoms with van der Waals surface area (Å²) in [4.78, 5) is 30.9. The van der Waals surface area contributed by atoms with Crippen LogP contribution in [-0.4, -0.2) is 26.9 Å². The molecule has 2 N–H and O–H groups in total. The molecule has 0 amide bonds. The Hall–Kier alpha value is -2.70. The number of nitrogens with zero attached hydrogens (tertiary/aromatic N) is 1. The van der Waals surface area contributed by atoms with Gasteiger partial charge in [-0.05, 0) is 6.07 Å². The van der Waals surface area contributed by atoms with E-state index < -0.39 is 28.1 Å². The summed E-state index contributed by atoms with van der Waals surface area (Å²) in [6.07, 6.45) is 0.421. The highest BCUT2D eigenvalue weighted by Gasteiger charge is 2.18. The van der Waals surface area contributed by atoms with E-state index in [0.29, 0.717) is 6.08 Å². The summed E-state index contributed by atoms with van der Waals surface area (Å²) >= 11 is 0. The van der Waals surface area contributed by atoms with Gasteiger partial charge in [-0.3, -0.25) is 14.9 Å². The van der Waals surface area contributed by atoms with Crippen LogP contribution < -0.4 is 0 Å². The molecule has 0 heterocycles. The molecule has 0 saturated heterocycles. The molecular formula is C10H7NO6. The lowest BCUT2D eigenvalue weighted by Gasteiger charge is -2.00. The number of rotatable bonds is 4. The molecule has 1 aromatic carbocycles. The van der Waals surface area contributed by atoms with Gasteiger partial charge in [0.1, 0.15) is 5.76 Å². The van der Waals surface area contributed by atoms with Crippen molar-refractivity contribution in [3.63, 3.8) is 0 Å². The molecular weight excluding hydrogens is 230 g/mol. The fourth-order valence-electron chi connectivity index (χ4n) is 1.11. The molecule has 0 aliphatic heterocycles. The van der Waals surface area contributed by atoms with Crippen molar-refractivity contribution in [3.05, 3.63) is 46.0 Å². The fraction of sp³-hybridized carbons (Fsp3) is 0.